The molecule has 20 heavy (non-hydrogen) atoms. The van der Waals surface area contributed by atoms with Gasteiger partial charge >= 0.3 is 0 Å². The third kappa shape index (κ3) is 3.02. The van der Waals surface area contributed by atoms with E-state index in [0.29, 0.717) is 18.1 Å². The van der Waals surface area contributed by atoms with Crippen LogP contribution in [0.4, 0.5) is 0 Å². The van der Waals surface area contributed by atoms with E-state index in [1.165, 1.54) is 0 Å². The maximum atomic E-state index is 5.63. The highest BCUT2D eigenvalue weighted by molar-refractivity contribution is 5.55. The molecule has 1 unspecified atom stereocenters. The zero-order valence-corrected chi connectivity index (χ0v) is 11.7. The second-order valence-corrected chi connectivity index (χ2v) is 5.05. The average Bonchev–Trinajstić information content (AvgIpc) is 2.87. The summed E-state index contributed by atoms with van der Waals surface area (Å²) in [6, 6.07) is 3.92. The third-order valence-corrected chi connectivity index (χ3v) is 3.21. The normalized spacial score (nSPS) is 19.2. The van der Waals surface area contributed by atoms with Crippen molar-refractivity contribution in [2.75, 3.05) is 19.7 Å². The van der Waals surface area contributed by atoms with Crippen molar-refractivity contribution in [1.29, 1.82) is 0 Å². The number of ether oxygens (including phenoxy) is 1. The molecule has 3 rings (SSSR count). The first-order valence-electron chi connectivity index (χ1n) is 6.81. The van der Waals surface area contributed by atoms with E-state index in [2.05, 4.69) is 20.4 Å². The molecule has 0 radical (unpaired) electrons. The van der Waals surface area contributed by atoms with Gasteiger partial charge in [-0.1, -0.05) is 5.16 Å². The Morgan fingerprint density at radius 2 is 2.05 bits per heavy atom. The molecule has 0 amide bonds. The summed E-state index contributed by atoms with van der Waals surface area (Å²) < 4.78 is 10.9. The van der Waals surface area contributed by atoms with Gasteiger partial charge in [-0.2, -0.15) is 4.98 Å². The summed E-state index contributed by atoms with van der Waals surface area (Å²) >= 11 is 0. The van der Waals surface area contributed by atoms with Crippen LogP contribution < -0.4 is 5.32 Å². The van der Waals surface area contributed by atoms with Gasteiger partial charge in [0.05, 0.1) is 19.1 Å². The summed E-state index contributed by atoms with van der Waals surface area (Å²) in [5.74, 6) is 1.22. The molecular weight excluding hydrogens is 256 g/mol. The largest absolute Gasteiger partial charge is 0.375 e. The van der Waals surface area contributed by atoms with E-state index >= 15 is 0 Å². The quantitative estimate of drug-likeness (QED) is 0.909. The molecule has 2 aromatic rings. The highest BCUT2D eigenvalue weighted by atomic mass is 16.5. The number of rotatable bonds is 3. The van der Waals surface area contributed by atoms with Gasteiger partial charge in [-0.05, 0) is 26.0 Å². The molecule has 6 heteroatoms. The fraction of sp³-hybridized carbons (Fsp3) is 0.500. The molecular formula is C14H18N4O2. The van der Waals surface area contributed by atoms with Gasteiger partial charge in [0.2, 0.25) is 11.7 Å². The SMILES string of the molecule is Cc1cc(-c2noc(CC3CNCCO3)n2)cc(C)n1. The Bertz CT molecular complexity index is 570. The van der Waals surface area contributed by atoms with Gasteiger partial charge < -0.3 is 14.6 Å². The molecule has 0 spiro atoms. The molecule has 0 saturated carbocycles. The standard InChI is InChI=1S/C14H18N4O2/c1-9-5-11(6-10(2)16-9)14-17-13(20-18-14)7-12-8-15-3-4-19-12/h5-6,12,15H,3-4,7-8H2,1-2H3. The van der Waals surface area contributed by atoms with Crippen LogP contribution in [0.2, 0.25) is 0 Å². The van der Waals surface area contributed by atoms with Crippen LogP contribution in [0.1, 0.15) is 17.3 Å². The molecule has 1 aliphatic rings. The molecule has 1 N–H and O–H groups in total. The zero-order chi connectivity index (χ0) is 13.9. The number of aromatic nitrogens is 3. The first kappa shape index (κ1) is 13.2. The third-order valence-electron chi connectivity index (χ3n) is 3.21. The maximum absolute atomic E-state index is 5.63. The molecule has 3 heterocycles. The van der Waals surface area contributed by atoms with Gasteiger partial charge in [-0.15, -0.1) is 0 Å². The average molecular weight is 274 g/mol. The Kier molecular flexibility index (Phi) is 3.75. The lowest BCUT2D eigenvalue weighted by Gasteiger charge is -2.21. The second-order valence-electron chi connectivity index (χ2n) is 5.05. The summed E-state index contributed by atoms with van der Waals surface area (Å²) in [5, 5.41) is 7.33. The Morgan fingerprint density at radius 3 is 2.75 bits per heavy atom. The van der Waals surface area contributed by atoms with Crippen molar-refractivity contribution in [3.8, 4) is 11.4 Å². The molecule has 1 atom stereocenters. The molecule has 1 aliphatic heterocycles. The number of nitrogens with zero attached hydrogens (tertiary/aromatic N) is 3. The molecule has 1 saturated heterocycles. The number of hydrogen-bond acceptors (Lipinski definition) is 6. The Morgan fingerprint density at radius 1 is 1.25 bits per heavy atom. The summed E-state index contributed by atoms with van der Waals surface area (Å²) in [4.78, 5) is 8.79. The van der Waals surface area contributed by atoms with Gasteiger partial charge in [-0.25, -0.2) is 0 Å². The van der Waals surface area contributed by atoms with E-state index in [4.69, 9.17) is 9.26 Å². The molecule has 0 aromatic carbocycles. The van der Waals surface area contributed by atoms with Crippen LogP contribution in [0.3, 0.4) is 0 Å². The minimum atomic E-state index is 0.109. The fourth-order valence-corrected chi connectivity index (χ4v) is 2.36. The first-order valence-corrected chi connectivity index (χ1v) is 6.81. The smallest absolute Gasteiger partial charge is 0.229 e. The van der Waals surface area contributed by atoms with Crippen molar-refractivity contribution < 1.29 is 9.26 Å². The molecule has 1 fully saturated rings. The van der Waals surface area contributed by atoms with Crippen LogP contribution in [0, 0.1) is 13.8 Å². The minimum Gasteiger partial charge on any atom is -0.375 e. The van der Waals surface area contributed by atoms with Crippen molar-refractivity contribution in [2.45, 2.75) is 26.4 Å². The lowest BCUT2D eigenvalue weighted by atomic mass is 10.2. The molecule has 106 valence electrons. The monoisotopic (exact) mass is 274 g/mol. The van der Waals surface area contributed by atoms with E-state index in [1.54, 1.807) is 0 Å². The Labute approximate surface area is 117 Å². The summed E-state index contributed by atoms with van der Waals surface area (Å²) in [6.07, 6.45) is 0.751. The van der Waals surface area contributed by atoms with E-state index in [1.807, 2.05) is 26.0 Å². The Balaban J connectivity index is 1.75. The molecule has 0 aliphatic carbocycles. The number of nitrogens with one attached hydrogen (secondary N) is 1. The maximum Gasteiger partial charge on any atom is 0.229 e. The lowest BCUT2D eigenvalue weighted by Crippen LogP contribution is -2.39. The van der Waals surface area contributed by atoms with Gasteiger partial charge in [0.15, 0.2) is 0 Å². The van der Waals surface area contributed by atoms with Gasteiger partial charge in [0.25, 0.3) is 0 Å². The van der Waals surface area contributed by atoms with Crippen LogP contribution in [0.15, 0.2) is 16.7 Å². The van der Waals surface area contributed by atoms with E-state index < -0.39 is 0 Å². The highest BCUT2D eigenvalue weighted by Crippen LogP contribution is 2.18. The fourth-order valence-electron chi connectivity index (χ4n) is 2.36. The number of aryl methyl sites for hydroxylation is 2. The van der Waals surface area contributed by atoms with Crippen LogP contribution in [-0.2, 0) is 11.2 Å². The topological polar surface area (TPSA) is 73.1 Å². The lowest BCUT2D eigenvalue weighted by molar-refractivity contribution is 0.0246. The van der Waals surface area contributed by atoms with Crippen molar-refractivity contribution in [1.82, 2.24) is 20.4 Å². The van der Waals surface area contributed by atoms with Crippen LogP contribution in [-0.4, -0.2) is 40.9 Å². The van der Waals surface area contributed by atoms with Crippen LogP contribution in [0.25, 0.3) is 11.4 Å². The first-order chi connectivity index (χ1) is 9.70. The van der Waals surface area contributed by atoms with Crippen molar-refractivity contribution in [2.24, 2.45) is 0 Å². The van der Waals surface area contributed by atoms with Gasteiger partial charge in [0, 0.05) is 30.0 Å². The number of pyridine rings is 1. The summed E-state index contributed by atoms with van der Waals surface area (Å²) in [7, 11) is 0. The van der Waals surface area contributed by atoms with Crippen LogP contribution in [0.5, 0.6) is 0 Å². The van der Waals surface area contributed by atoms with Gasteiger partial charge in [0.1, 0.15) is 0 Å². The summed E-state index contributed by atoms with van der Waals surface area (Å²) in [6.45, 7) is 6.37. The number of hydrogen-bond donors (Lipinski definition) is 1. The van der Waals surface area contributed by atoms with E-state index in [9.17, 15) is 0 Å². The molecule has 6 nitrogen and oxygen atoms in total. The summed E-state index contributed by atoms with van der Waals surface area (Å²) in [5.41, 5.74) is 2.84. The van der Waals surface area contributed by atoms with Crippen molar-refractivity contribution in [3.05, 3.63) is 29.4 Å². The predicted molar refractivity (Wildman–Crippen MR) is 73.3 cm³/mol. The minimum absolute atomic E-state index is 0.109. The van der Waals surface area contributed by atoms with Crippen molar-refractivity contribution in [3.63, 3.8) is 0 Å². The number of morpholine rings is 1. The highest BCUT2D eigenvalue weighted by Gasteiger charge is 2.18. The molecule has 2 aromatic heterocycles. The second kappa shape index (κ2) is 5.68. The zero-order valence-electron chi connectivity index (χ0n) is 11.7. The van der Waals surface area contributed by atoms with Crippen molar-refractivity contribution >= 4 is 0 Å². The molecule has 0 bridgehead atoms. The predicted octanol–water partition coefficient (Wildman–Crippen LogP) is 1.28. The Hall–Kier alpha value is -1.79. The van der Waals surface area contributed by atoms with E-state index in [-0.39, 0.29) is 6.10 Å². The van der Waals surface area contributed by atoms with Gasteiger partial charge in [-0.3, -0.25) is 4.98 Å². The van der Waals surface area contributed by atoms with E-state index in [0.717, 1.165) is 36.6 Å². The van der Waals surface area contributed by atoms with Crippen LogP contribution >= 0.6 is 0 Å².